The fourth-order valence-electron chi connectivity index (χ4n) is 3.69. The van der Waals surface area contributed by atoms with Crippen molar-refractivity contribution in [3.05, 3.63) is 65.2 Å². The minimum atomic E-state index is -0.215. The number of hydrogen-bond donors (Lipinski definition) is 1. The molecule has 0 saturated carbocycles. The molecular weight excluding hydrogens is 426 g/mol. The van der Waals surface area contributed by atoms with E-state index in [4.69, 9.17) is 4.74 Å². The molecule has 0 aliphatic carbocycles. The fourth-order valence-corrected chi connectivity index (χ4v) is 4.54. The van der Waals surface area contributed by atoms with Gasteiger partial charge in [0.2, 0.25) is 5.91 Å². The van der Waals surface area contributed by atoms with Crippen molar-refractivity contribution < 1.29 is 19.4 Å². The van der Waals surface area contributed by atoms with Crippen LogP contribution in [0.5, 0.6) is 11.5 Å². The van der Waals surface area contributed by atoms with E-state index in [1.54, 1.807) is 28.0 Å². The molecule has 8 heteroatoms. The Bertz CT molecular complexity index is 1110. The number of phenolic OH excluding ortho intramolecular Hbond substituents is 1. The van der Waals surface area contributed by atoms with E-state index < -0.39 is 0 Å². The van der Waals surface area contributed by atoms with Crippen molar-refractivity contribution in [1.82, 2.24) is 14.8 Å². The number of aromatic nitrogens is 1. The monoisotopic (exact) mass is 451 g/mol. The summed E-state index contributed by atoms with van der Waals surface area (Å²) in [6, 6.07) is 14.3. The van der Waals surface area contributed by atoms with Crippen molar-refractivity contribution in [1.29, 1.82) is 0 Å². The van der Waals surface area contributed by atoms with E-state index in [9.17, 15) is 14.7 Å². The number of rotatable bonds is 6. The van der Waals surface area contributed by atoms with Gasteiger partial charge in [0, 0.05) is 31.6 Å². The molecular formula is C24H25N3O4S. The SMILES string of the molecule is CCOc1ccccc1-c1nc(CC(=O)N2CCN(C(=O)c3ccccc3O)CC2)cs1. The molecule has 0 radical (unpaired) electrons. The number of amides is 2. The highest BCUT2D eigenvalue weighted by atomic mass is 32.1. The highest BCUT2D eigenvalue weighted by Crippen LogP contribution is 2.32. The number of carbonyl (C=O) groups is 2. The molecule has 32 heavy (non-hydrogen) atoms. The molecule has 1 saturated heterocycles. The van der Waals surface area contributed by atoms with E-state index in [0.29, 0.717) is 32.8 Å². The first kappa shape index (κ1) is 21.8. The Morgan fingerprint density at radius 1 is 1.03 bits per heavy atom. The zero-order valence-electron chi connectivity index (χ0n) is 17.9. The summed E-state index contributed by atoms with van der Waals surface area (Å²) < 4.78 is 5.69. The molecule has 1 aromatic heterocycles. The Kier molecular flexibility index (Phi) is 6.70. The van der Waals surface area contributed by atoms with Crippen LogP contribution in [0.1, 0.15) is 23.0 Å². The van der Waals surface area contributed by atoms with Crippen molar-refractivity contribution in [2.24, 2.45) is 0 Å². The van der Waals surface area contributed by atoms with Gasteiger partial charge in [0.15, 0.2) is 0 Å². The molecule has 1 fully saturated rings. The van der Waals surface area contributed by atoms with Crippen LogP contribution in [0.2, 0.25) is 0 Å². The summed E-state index contributed by atoms with van der Waals surface area (Å²) in [6.45, 7) is 4.31. The summed E-state index contributed by atoms with van der Waals surface area (Å²) in [5, 5.41) is 12.7. The second-order valence-electron chi connectivity index (χ2n) is 7.44. The van der Waals surface area contributed by atoms with Crippen LogP contribution in [-0.2, 0) is 11.2 Å². The summed E-state index contributed by atoms with van der Waals surface area (Å²) in [6.07, 6.45) is 0.223. The van der Waals surface area contributed by atoms with Gasteiger partial charge >= 0.3 is 0 Å². The van der Waals surface area contributed by atoms with Crippen LogP contribution in [-0.4, -0.2) is 64.5 Å². The molecule has 7 nitrogen and oxygen atoms in total. The zero-order chi connectivity index (χ0) is 22.5. The Balaban J connectivity index is 1.35. The number of phenols is 1. The van der Waals surface area contributed by atoms with Crippen LogP contribution in [0, 0.1) is 0 Å². The number of hydrogen-bond acceptors (Lipinski definition) is 6. The van der Waals surface area contributed by atoms with Gasteiger partial charge in [0.05, 0.1) is 29.8 Å². The first-order chi connectivity index (χ1) is 15.6. The van der Waals surface area contributed by atoms with Crippen LogP contribution in [0.25, 0.3) is 10.6 Å². The summed E-state index contributed by atoms with van der Waals surface area (Å²) >= 11 is 1.50. The van der Waals surface area contributed by atoms with Gasteiger partial charge in [-0.15, -0.1) is 11.3 Å². The van der Waals surface area contributed by atoms with E-state index in [-0.39, 0.29) is 29.5 Å². The topological polar surface area (TPSA) is 83.0 Å². The Morgan fingerprint density at radius 2 is 1.72 bits per heavy atom. The van der Waals surface area contributed by atoms with Gasteiger partial charge < -0.3 is 19.6 Å². The molecule has 2 aromatic carbocycles. The molecule has 4 rings (SSSR count). The smallest absolute Gasteiger partial charge is 0.257 e. The van der Waals surface area contributed by atoms with Crippen LogP contribution in [0.4, 0.5) is 0 Å². The largest absolute Gasteiger partial charge is 0.507 e. The predicted octanol–water partition coefficient (Wildman–Crippen LogP) is 3.44. The molecule has 0 unspecified atom stereocenters. The standard InChI is InChI=1S/C24H25N3O4S/c1-2-31-21-10-6-4-8-19(21)23-25-17(16-32-23)15-22(29)26-11-13-27(14-12-26)24(30)18-7-3-5-9-20(18)28/h3-10,16,28H,2,11-15H2,1H3. The second kappa shape index (κ2) is 9.82. The van der Waals surface area contributed by atoms with Gasteiger partial charge in [-0.3, -0.25) is 9.59 Å². The molecule has 166 valence electrons. The van der Waals surface area contributed by atoms with Gasteiger partial charge in [-0.05, 0) is 31.2 Å². The maximum absolute atomic E-state index is 12.8. The van der Waals surface area contributed by atoms with Crippen molar-refractivity contribution in [2.45, 2.75) is 13.3 Å². The third kappa shape index (κ3) is 4.75. The highest BCUT2D eigenvalue weighted by molar-refractivity contribution is 7.13. The number of thiazole rings is 1. The maximum atomic E-state index is 12.8. The fraction of sp³-hybridized carbons (Fsp3) is 0.292. The van der Waals surface area contributed by atoms with Gasteiger partial charge in [-0.25, -0.2) is 4.98 Å². The summed E-state index contributed by atoms with van der Waals surface area (Å²) in [4.78, 5) is 33.5. The number of piperazine rings is 1. The van der Waals surface area contributed by atoms with Crippen molar-refractivity contribution >= 4 is 23.2 Å². The third-order valence-electron chi connectivity index (χ3n) is 5.36. The molecule has 0 bridgehead atoms. The first-order valence-electron chi connectivity index (χ1n) is 10.6. The van der Waals surface area contributed by atoms with Gasteiger partial charge in [-0.1, -0.05) is 24.3 Å². The quantitative estimate of drug-likeness (QED) is 0.621. The lowest BCUT2D eigenvalue weighted by Gasteiger charge is -2.34. The van der Waals surface area contributed by atoms with E-state index in [2.05, 4.69) is 4.98 Å². The Morgan fingerprint density at radius 3 is 2.47 bits per heavy atom. The summed E-state index contributed by atoms with van der Waals surface area (Å²) in [7, 11) is 0. The average molecular weight is 452 g/mol. The Hall–Kier alpha value is -3.39. The molecule has 1 aliphatic heterocycles. The van der Waals surface area contributed by atoms with Gasteiger partial charge in [0.1, 0.15) is 16.5 Å². The van der Waals surface area contributed by atoms with E-state index in [0.717, 1.165) is 22.0 Å². The van der Waals surface area contributed by atoms with Crippen LogP contribution < -0.4 is 4.74 Å². The molecule has 2 amide bonds. The third-order valence-corrected chi connectivity index (χ3v) is 6.28. The second-order valence-corrected chi connectivity index (χ2v) is 8.30. The van der Waals surface area contributed by atoms with E-state index >= 15 is 0 Å². The van der Waals surface area contributed by atoms with Crippen molar-refractivity contribution in [2.75, 3.05) is 32.8 Å². The minimum Gasteiger partial charge on any atom is -0.507 e. The van der Waals surface area contributed by atoms with Gasteiger partial charge in [-0.2, -0.15) is 0 Å². The predicted molar refractivity (Wildman–Crippen MR) is 123 cm³/mol. The van der Waals surface area contributed by atoms with Crippen LogP contribution >= 0.6 is 11.3 Å². The minimum absolute atomic E-state index is 0.00500. The maximum Gasteiger partial charge on any atom is 0.257 e. The van der Waals surface area contributed by atoms with E-state index in [1.807, 2.05) is 36.6 Å². The summed E-state index contributed by atoms with van der Waals surface area (Å²) in [5.41, 5.74) is 1.94. The molecule has 0 spiro atoms. The lowest BCUT2D eigenvalue weighted by atomic mass is 10.1. The number of ether oxygens (including phenoxy) is 1. The molecule has 3 aromatic rings. The first-order valence-corrected chi connectivity index (χ1v) is 11.5. The van der Waals surface area contributed by atoms with Crippen molar-refractivity contribution in [3.8, 4) is 22.1 Å². The molecule has 2 heterocycles. The van der Waals surface area contributed by atoms with Crippen molar-refractivity contribution in [3.63, 3.8) is 0 Å². The number of aromatic hydroxyl groups is 1. The molecule has 1 N–H and O–H groups in total. The average Bonchev–Trinajstić information content (AvgIpc) is 3.28. The van der Waals surface area contributed by atoms with E-state index in [1.165, 1.54) is 17.4 Å². The van der Waals surface area contributed by atoms with Gasteiger partial charge in [0.25, 0.3) is 5.91 Å². The number of para-hydroxylation sites is 2. The summed E-state index contributed by atoms with van der Waals surface area (Å²) in [5.74, 6) is 0.538. The zero-order valence-corrected chi connectivity index (χ0v) is 18.7. The molecule has 0 atom stereocenters. The number of nitrogens with zero attached hydrogens (tertiary/aromatic N) is 3. The lowest BCUT2D eigenvalue weighted by Crippen LogP contribution is -2.51. The molecule has 1 aliphatic rings. The number of benzene rings is 2. The normalized spacial score (nSPS) is 13.8. The van der Waals surface area contributed by atoms with Crippen LogP contribution in [0.15, 0.2) is 53.9 Å². The highest BCUT2D eigenvalue weighted by Gasteiger charge is 2.26. The number of carbonyl (C=O) groups excluding carboxylic acids is 2. The lowest BCUT2D eigenvalue weighted by molar-refractivity contribution is -0.132. The Labute approximate surface area is 190 Å². The van der Waals surface area contributed by atoms with Crippen LogP contribution in [0.3, 0.4) is 0 Å².